The number of aliphatic hydroxyl groups excluding tert-OH is 3. The Kier molecular flexibility index (Phi) is 36.4. The minimum absolute atomic E-state index is 0.00169. The van der Waals surface area contributed by atoms with Crippen LogP contribution in [-0.2, 0) is 38.3 Å². The summed E-state index contributed by atoms with van der Waals surface area (Å²) in [7, 11) is -5.08. The van der Waals surface area contributed by atoms with E-state index in [9.17, 15) is 28.5 Å². The van der Waals surface area contributed by atoms with E-state index in [0.29, 0.717) is 13.0 Å². The summed E-state index contributed by atoms with van der Waals surface area (Å²) in [5, 5.41) is 30.7. The standard InChI is InChI=1S/C49H80O12S/c1-3-5-7-9-11-13-15-17-19-21-22-23-24-26-28-30-32-34-36-38-45(51)59-43(42-58-49-47(53)48(61-62(54,55)56)46(52)44(40-50)60-49)41-57-39-37-35-33-31-29-27-25-20-18-16-14-12-10-8-6-4-2/h5-8,11-14,17-20,22-23,27,29,43-44,46-50,52-53H,3-4,9-10,15-16,21,24-26,28,30-42H2,1-2H3,(H,54,55,56)/b7-5-,8-6-,13-11-,14-12-,19-17-,20-18-,23-22-,29-27-. The van der Waals surface area contributed by atoms with Crippen molar-refractivity contribution >= 4 is 16.4 Å². The molecule has 0 aromatic heterocycles. The van der Waals surface area contributed by atoms with E-state index >= 15 is 0 Å². The SMILES string of the molecule is CC/C=C\C/C=C\C/C=C\C/C=C\CCCCCCCCC(=O)OC(COCCCCC/C=C\C/C=C\C/C=C\C/C=C\CC)COC1OC(CO)C(O)C(OS(=O)(=O)O)C1O. The molecule has 13 heteroatoms. The monoisotopic (exact) mass is 893 g/mol. The first kappa shape index (κ1) is 57.0. The third-order valence-electron chi connectivity index (χ3n) is 9.70. The molecule has 1 aliphatic rings. The van der Waals surface area contributed by atoms with Crippen LogP contribution in [0.4, 0.5) is 0 Å². The molecule has 62 heavy (non-hydrogen) atoms. The Morgan fingerprint density at radius 2 is 1.06 bits per heavy atom. The molecule has 0 aromatic carbocycles. The van der Waals surface area contributed by atoms with Gasteiger partial charge in [-0.3, -0.25) is 9.35 Å². The summed E-state index contributed by atoms with van der Waals surface area (Å²) >= 11 is 0. The normalized spacial score (nSPS) is 20.9. The smallest absolute Gasteiger partial charge is 0.397 e. The highest BCUT2D eigenvalue weighted by molar-refractivity contribution is 7.80. The lowest BCUT2D eigenvalue weighted by Gasteiger charge is -2.41. The van der Waals surface area contributed by atoms with Crippen molar-refractivity contribution in [3.8, 4) is 0 Å². The summed E-state index contributed by atoms with van der Waals surface area (Å²) in [5.41, 5.74) is 0. The molecule has 354 valence electrons. The Balaban J connectivity index is 2.47. The van der Waals surface area contributed by atoms with Gasteiger partial charge in [0, 0.05) is 13.0 Å². The van der Waals surface area contributed by atoms with Gasteiger partial charge in [0.05, 0.1) is 19.8 Å². The fourth-order valence-electron chi connectivity index (χ4n) is 6.30. The minimum atomic E-state index is -5.08. The van der Waals surface area contributed by atoms with Crippen LogP contribution in [0.5, 0.6) is 0 Å². The molecule has 0 radical (unpaired) electrons. The molecule has 1 saturated heterocycles. The molecular formula is C49H80O12S. The van der Waals surface area contributed by atoms with Crippen LogP contribution in [0, 0.1) is 0 Å². The Morgan fingerprint density at radius 1 is 0.613 bits per heavy atom. The average Bonchev–Trinajstić information content (AvgIpc) is 3.24. The van der Waals surface area contributed by atoms with Gasteiger partial charge in [0.1, 0.15) is 30.5 Å². The predicted molar refractivity (Wildman–Crippen MR) is 248 cm³/mol. The van der Waals surface area contributed by atoms with Crippen LogP contribution in [0.2, 0.25) is 0 Å². The second-order valence-electron chi connectivity index (χ2n) is 15.2. The van der Waals surface area contributed by atoms with Gasteiger partial charge in [0.15, 0.2) is 6.29 Å². The first-order valence-corrected chi connectivity index (χ1v) is 24.4. The molecule has 0 saturated carbocycles. The molecule has 6 unspecified atom stereocenters. The van der Waals surface area contributed by atoms with Crippen molar-refractivity contribution in [1.29, 1.82) is 0 Å². The van der Waals surface area contributed by atoms with Crippen molar-refractivity contribution < 1.29 is 56.2 Å². The molecule has 1 aliphatic heterocycles. The van der Waals surface area contributed by atoms with Crippen molar-refractivity contribution in [2.45, 2.75) is 179 Å². The number of hydrogen-bond acceptors (Lipinski definition) is 11. The summed E-state index contributed by atoms with van der Waals surface area (Å²) in [5.74, 6) is -0.430. The van der Waals surface area contributed by atoms with Gasteiger partial charge in [-0.15, -0.1) is 0 Å². The molecule has 0 amide bonds. The fourth-order valence-corrected chi connectivity index (χ4v) is 6.81. The van der Waals surface area contributed by atoms with Crippen molar-refractivity contribution in [2.24, 2.45) is 0 Å². The van der Waals surface area contributed by atoms with Crippen LogP contribution in [0.25, 0.3) is 0 Å². The van der Waals surface area contributed by atoms with Crippen molar-refractivity contribution in [3.63, 3.8) is 0 Å². The number of carbonyl (C=O) groups excluding carboxylic acids is 1. The van der Waals surface area contributed by atoms with Crippen molar-refractivity contribution in [1.82, 2.24) is 0 Å². The van der Waals surface area contributed by atoms with Gasteiger partial charge in [0.2, 0.25) is 0 Å². The Hall–Kier alpha value is -2.98. The average molecular weight is 893 g/mol. The molecule has 12 nitrogen and oxygen atoms in total. The van der Waals surface area contributed by atoms with Gasteiger partial charge in [-0.2, -0.15) is 8.42 Å². The number of aliphatic hydroxyl groups is 3. The highest BCUT2D eigenvalue weighted by Gasteiger charge is 2.48. The zero-order valence-corrected chi connectivity index (χ0v) is 38.5. The lowest BCUT2D eigenvalue weighted by Crippen LogP contribution is -2.60. The van der Waals surface area contributed by atoms with Gasteiger partial charge in [-0.1, -0.05) is 143 Å². The lowest BCUT2D eigenvalue weighted by molar-refractivity contribution is -0.301. The van der Waals surface area contributed by atoms with Crippen LogP contribution >= 0.6 is 0 Å². The molecule has 1 heterocycles. The second-order valence-corrected chi connectivity index (χ2v) is 16.3. The molecular weight excluding hydrogens is 813 g/mol. The highest BCUT2D eigenvalue weighted by Crippen LogP contribution is 2.26. The Morgan fingerprint density at radius 3 is 1.55 bits per heavy atom. The van der Waals surface area contributed by atoms with E-state index in [1.54, 1.807) is 0 Å². The third-order valence-corrected chi connectivity index (χ3v) is 10.2. The lowest BCUT2D eigenvalue weighted by atomic mass is 9.99. The van der Waals surface area contributed by atoms with E-state index in [1.807, 2.05) is 0 Å². The molecule has 4 N–H and O–H groups in total. The molecule has 6 atom stereocenters. The molecule has 0 bridgehead atoms. The maximum atomic E-state index is 12.9. The number of ether oxygens (including phenoxy) is 4. The molecule has 1 fully saturated rings. The van der Waals surface area contributed by atoms with Crippen LogP contribution in [0.3, 0.4) is 0 Å². The van der Waals surface area contributed by atoms with Crippen LogP contribution in [0.15, 0.2) is 97.2 Å². The first-order chi connectivity index (χ1) is 30.1. The number of unbranched alkanes of at least 4 members (excludes halogenated alkanes) is 9. The maximum absolute atomic E-state index is 12.9. The first-order valence-electron chi connectivity index (χ1n) is 23.0. The Bertz CT molecular complexity index is 1450. The van der Waals surface area contributed by atoms with E-state index in [0.717, 1.165) is 116 Å². The van der Waals surface area contributed by atoms with Gasteiger partial charge < -0.3 is 34.3 Å². The number of carbonyl (C=O) groups is 1. The highest BCUT2D eigenvalue weighted by atomic mass is 32.3. The van der Waals surface area contributed by atoms with E-state index in [4.69, 9.17) is 23.5 Å². The van der Waals surface area contributed by atoms with Crippen molar-refractivity contribution in [3.05, 3.63) is 97.2 Å². The van der Waals surface area contributed by atoms with Crippen molar-refractivity contribution in [2.75, 3.05) is 26.4 Å². The third kappa shape index (κ3) is 32.7. The van der Waals surface area contributed by atoms with Crippen LogP contribution < -0.4 is 0 Å². The van der Waals surface area contributed by atoms with Crippen LogP contribution in [-0.4, -0.2) is 97.5 Å². The molecule has 0 aromatic rings. The zero-order chi connectivity index (χ0) is 45.4. The number of hydrogen-bond donors (Lipinski definition) is 4. The summed E-state index contributed by atoms with van der Waals surface area (Å²) < 4.78 is 59.0. The summed E-state index contributed by atoms with van der Waals surface area (Å²) in [4.78, 5) is 12.9. The molecule has 1 rings (SSSR count). The molecule has 0 aliphatic carbocycles. The van der Waals surface area contributed by atoms with E-state index < -0.39 is 59.8 Å². The second kappa shape index (κ2) is 39.6. The van der Waals surface area contributed by atoms with Gasteiger partial charge in [-0.05, 0) is 89.9 Å². The summed E-state index contributed by atoms with van der Waals surface area (Å²) in [6.07, 6.45) is 44.4. The van der Waals surface area contributed by atoms with Gasteiger partial charge in [0.25, 0.3) is 0 Å². The van der Waals surface area contributed by atoms with E-state index in [1.165, 1.54) is 0 Å². The molecule has 0 spiro atoms. The number of esters is 1. The quantitative estimate of drug-likeness (QED) is 0.0200. The topological polar surface area (TPSA) is 178 Å². The Labute approximate surface area is 374 Å². The number of rotatable bonds is 38. The van der Waals surface area contributed by atoms with Gasteiger partial charge in [-0.25, -0.2) is 4.18 Å². The fraction of sp³-hybridized carbons (Fsp3) is 0.653. The number of allylic oxidation sites excluding steroid dienone is 16. The predicted octanol–water partition coefficient (Wildman–Crippen LogP) is 9.85. The summed E-state index contributed by atoms with van der Waals surface area (Å²) in [6.45, 7) is 3.64. The zero-order valence-electron chi connectivity index (χ0n) is 37.6. The van der Waals surface area contributed by atoms with E-state index in [-0.39, 0.29) is 19.6 Å². The largest absolute Gasteiger partial charge is 0.457 e. The van der Waals surface area contributed by atoms with Gasteiger partial charge >= 0.3 is 16.4 Å². The summed E-state index contributed by atoms with van der Waals surface area (Å²) in [6, 6.07) is 0. The van der Waals surface area contributed by atoms with E-state index in [2.05, 4.69) is 115 Å². The van der Waals surface area contributed by atoms with Crippen LogP contribution in [0.1, 0.15) is 142 Å². The minimum Gasteiger partial charge on any atom is -0.457 e. The maximum Gasteiger partial charge on any atom is 0.397 e.